The second kappa shape index (κ2) is 2.59. The van der Waals surface area contributed by atoms with Crippen molar-refractivity contribution in [1.29, 1.82) is 0 Å². The number of hydrogen-bond donors (Lipinski definition) is 1. The number of furan rings is 1. The first-order valence-electron chi connectivity index (χ1n) is 4.56. The fourth-order valence-electron chi connectivity index (χ4n) is 1.79. The van der Waals surface area contributed by atoms with Crippen LogP contribution in [-0.4, -0.2) is 18.3 Å². The van der Waals surface area contributed by atoms with Crippen LogP contribution in [0.25, 0.3) is 11.0 Å². The van der Waals surface area contributed by atoms with E-state index in [2.05, 4.69) is 0 Å². The molecular formula is C11H10O3. The number of ether oxygens (including phenoxy) is 1. The Bertz CT molecular complexity index is 468. The highest BCUT2D eigenvalue weighted by Crippen LogP contribution is 2.35. The number of para-hydroxylation sites is 1. The molecule has 3 nitrogen and oxygen atoms in total. The first-order valence-corrected chi connectivity index (χ1v) is 4.56. The Hall–Kier alpha value is -1.32. The molecular weight excluding hydrogens is 180 g/mol. The number of rotatable bonds is 1. The van der Waals surface area contributed by atoms with Gasteiger partial charge in [-0.25, -0.2) is 0 Å². The SMILES string of the molecule is OC1(c2coc3ccccc23)COC1. The number of fused-ring (bicyclic) bond motifs is 1. The third-order valence-electron chi connectivity index (χ3n) is 2.66. The largest absolute Gasteiger partial charge is 0.464 e. The Balaban J connectivity index is 2.22. The van der Waals surface area contributed by atoms with E-state index in [9.17, 15) is 5.11 Å². The molecule has 1 fully saturated rings. The van der Waals surface area contributed by atoms with Gasteiger partial charge in [0.2, 0.25) is 0 Å². The first kappa shape index (κ1) is 8.03. The molecule has 3 heteroatoms. The van der Waals surface area contributed by atoms with E-state index in [-0.39, 0.29) is 0 Å². The van der Waals surface area contributed by atoms with Gasteiger partial charge < -0.3 is 14.3 Å². The number of aliphatic hydroxyl groups is 1. The molecule has 1 N–H and O–H groups in total. The Morgan fingerprint density at radius 2 is 2.00 bits per heavy atom. The fourth-order valence-corrected chi connectivity index (χ4v) is 1.79. The highest BCUT2D eigenvalue weighted by Gasteiger charge is 2.40. The average Bonchev–Trinajstić information content (AvgIpc) is 2.58. The second-order valence-corrected chi connectivity index (χ2v) is 3.67. The van der Waals surface area contributed by atoms with Gasteiger partial charge in [0.15, 0.2) is 0 Å². The smallest absolute Gasteiger partial charge is 0.140 e. The van der Waals surface area contributed by atoms with E-state index in [1.165, 1.54) is 0 Å². The van der Waals surface area contributed by atoms with E-state index >= 15 is 0 Å². The predicted octanol–water partition coefficient (Wildman–Crippen LogP) is 1.65. The van der Waals surface area contributed by atoms with E-state index < -0.39 is 5.60 Å². The van der Waals surface area contributed by atoms with Gasteiger partial charge in [-0.05, 0) is 6.07 Å². The summed E-state index contributed by atoms with van der Waals surface area (Å²) >= 11 is 0. The highest BCUT2D eigenvalue weighted by molar-refractivity contribution is 5.82. The topological polar surface area (TPSA) is 42.6 Å². The van der Waals surface area contributed by atoms with Gasteiger partial charge in [-0.1, -0.05) is 18.2 Å². The molecule has 0 amide bonds. The second-order valence-electron chi connectivity index (χ2n) is 3.67. The van der Waals surface area contributed by atoms with Gasteiger partial charge in [0, 0.05) is 10.9 Å². The molecule has 0 saturated carbocycles. The molecule has 0 atom stereocenters. The molecule has 0 bridgehead atoms. The molecule has 72 valence electrons. The van der Waals surface area contributed by atoms with Crippen LogP contribution in [-0.2, 0) is 10.3 Å². The third-order valence-corrected chi connectivity index (χ3v) is 2.66. The summed E-state index contributed by atoms with van der Waals surface area (Å²) in [5.74, 6) is 0. The quantitative estimate of drug-likeness (QED) is 0.743. The third kappa shape index (κ3) is 0.937. The maximum Gasteiger partial charge on any atom is 0.140 e. The van der Waals surface area contributed by atoms with Gasteiger partial charge in [-0.15, -0.1) is 0 Å². The summed E-state index contributed by atoms with van der Waals surface area (Å²) in [4.78, 5) is 0. The Kier molecular flexibility index (Phi) is 1.48. The van der Waals surface area contributed by atoms with Gasteiger partial charge in [-0.2, -0.15) is 0 Å². The molecule has 0 unspecified atom stereocenters. The van der Waals surface area contributed by atoms with E-state index in [4.69, 9.17) is 9.15 Å². The zero-order valence-electron chi connectivity index (χ0n) is 7.56. The maximum absolute atomic E-state index is 10.1. The summed E-state index contributed by atoms with van der Waals surface area (Å²) in [5.41, 5.74) is 0.800. The molecule has 1 aliphatic rings. The summed E-state index contributed by atoms with van der Waals surface area (Å²) in [6.45, 7) is 0.715. The monoisotopic (exact) mass is 190 g/mol. The lowest BCUT2D eigenvalue weighted by Gasteiger charge is -2.35. The molecule has 2 aromatic rings. The fraction of sp³-hybridized carbons (Fsp3) is 0.273. The van der Waals surface area contributed by atoms with Gasteiger partial charge in [0.25, 0.3) is 0 Å². The summed E-state index contributed by atoms with van der Waals surface area (Å²) in [6.07, 6.45) is 1.62. The predicted molar refractivity (Wildman–Crippen MR) is 50.9 cm³/mol. The average molecular weight is 190 g/mol. The highest BCUT2D eigenvalue weighted by atomic mass is 16.5. The molecule has 1 aromatic carbocycles. The first-order chi connectivity index (χ1) is 6.80. The van der Waals surface area contributed by atoms with Crippen molar-refractivity contribution in [2.45, 2.75) is 5.60 Å². The van der Waals surface area contributed by atoms with Crippen LogP contribution in [0, 0.1) is 0 Å². The van der Waals surface area contributed by atoms with E-state index in [1.807, 2.05) is 24.3 Å². The minimum atomic E-state index is -0.841. The lowest BCUT2D eigenvalue weighted by molar-refractivity contribution is -0.184. The van der Waals surface area contributed by atoms with Crippen molar-refractivity contribution in [2.24, 2.45) is 0 Å². The zero-order chi connectivity index (χ0) is 9.60. The minimum Gasteiger partial charge on any atom is -0.464 e. The molecule has 1 saturated heterocycles. The van der Waals surface area contributed by atoms with Gasteiger partial charge in [0.05, 0.1) is 19.5 Å². The van der Waals surface area contributed by atoms with Crippen molar-refractivity contribution in [3.63, 3.8) is 0 Å². The molecule has 0 radical (unpaired) electrons. The molecule has 14 heavy (non-hydrogen) atoms. The normalized spacial score (nSPS) is 19.5. The maximum atomic E-state index is 10.1. The lowest BCUT2D eigenvalue weighted by atomic mass is 9.92. The van der Waals surface area contributed by atoms with E-state index in [0.29, 0.717) is 13.2 Å². The van der Waals surface area contributed by atoms with Crippen LogP contribution < -0.4 is 0 Å². The molecule has 3 rings (SSSR count). The van der Waals surface area contributed by atoms with E-state index in [0.717, 1.165) is 16.5 Å². The van der Waals surface area contributed by atoms with Crippen LogP contribution in [0.1, 0.15) is 5.56 Å². The van der Waals surface area contributed by atoms with Crippen molar-refractivity contribution in [3.05, 3.63) is 36.1 Å². The molecule has 2 heterocycles. The zero-order valence-corrected chi connectivity index (χ0v) is 7.56. The molecule has 0 spiro atoms. The summed E-state index contributed by atoms with van der Waals surface area (Å²) < 4.78 is 10.4. The van der Waals surface area contributed by atoms with Crippen LogP contribution >= 0.6 is 0 Å². The van der Waals surface area contributed by atoms with Crippen LogP contribution in [0.4, 0.5) is 0 Å². The lowest BCUT2D eigenvalue weighted by Crippen LogP contribution is -2.46. The number of hydrogen-bond acceptors (Lipinski definition) is 3. The van der Waals surface area contributed by atoms with Gasteiger partial charge in [-0.3, -0.25) is 0 Å². The van der Waals surface area contributed by atoms with Gasteiger partial charge >= 0.3 is 0 Å². The van der Waals surface area contributed by atoms with E-state index in [1.54, 1.807) is 6.26 Å². The molecule has 0 aliphatic carbocycles. The molecule has 1 aromatic heterocycles. The van der Waals surface area contributed by atoms with Crippen LogP contribution in [0.2, 0.25) is 0 Å². The summed E-state index contributed by atoms with van der Waals surface area (Å²) in [6, 6.07) is 7.69. The van der Waals surface area contributed by atoms with Gasteiger partial charge in [0.1, 0.15) is 11.2 Å². The van der Waals surface area contributed by atoms with Crippen LogP contribution in [0.15, 0.2) is 34.9 Å². The van der Waals surface area contributed by atoms with Crippen molar-refractivity contribution < 1.29 is 14.3 Å². The van der Waals surface area contributed by atoms with Crippen molar-refractivity contribution in [2.75, 3.05) is 13.2 Å². The Morgan fingerprint density at radius 1 is 1.21 bits per heavy atom. The van der Waals surface area contributed by atoms with Crippen molar-refractivity contribution in [1.82, 2.24) is 0 Å². The summed E-state index contributed by atoms with van der Waals surface area (Å²) in [5, 5.41) is 11.1. The number of benzene rings is 1. The Labute approximate surface area is 80.9 Å². The minimum absolute atomic E-state index is 0.358. The van der Waals surface area contributed by atoms with Crippen LogP contribution in [0.5, 0.6) is 0 Å². The summed E-state index contributed by atoms with van der Waals surface area (Å²) in [7, 11) is 0. The van der Waals surface area contributed by atoms with Crippen LogP contribution in [0.3, 0.4) is 0 Å². The van der Waals surface area contributed by atoms with Crippen molar-refractivity contribution in [3.8, 4) is 0 Å². The standard InChI is InChI=1S/C11H10O3/c12-11(6-13-7-11)9-5-14-10-4-2-1-3-8(9)10/h1-5,12H,6-7H2. The molecule has 1 aliphatic heterocycles. The van der Waals surface area contributed by atoms with Crippen molar-refractivity contribution >= 4 is 11.0 Å². The Morgan fingerprint density at radius 3 is 2.71 bits per heavy atom.